The number of anilines is 1. The summed E-state index contributed by atoms with van der Waals surface area (Å²) in [5.41, 5.74) is 1.53. The molecule has 1 amide bonds. The van der Waals surface area contributed by atoms with E-state index < -0.39 is 12.0 Å². The van der Waals surface area contributed by atoms with Crippen LogP contribution < -0.4 is 5.32 Å². The Balaban J connectivity index is 2.00. The van der Waals surface area contributed by atoms with Gasteiger partial charge in [0.25, 0.3) is 0 Å². The summed E-state index contributed by atoms with van der Waals surface area (Å²) in [7, 11) is 0. The molecule has 2 N–H and O–H groups in total. The van der Waals surface area contributed by atoms with E-state index in [1.807, 2.05) is 6.07 Å². The number of aliphatic carboxylic acids is 1. The molecule has 0 saturated carbocycles. The lowest BCUT2D eigenvalue weighted by atomic mass is 10.1. The average Bonchev–Trinajstić information content (AvgIpc) is 2.98. The number of carboxylic acids is 1. The summed E-state index contributed by atoms with van der Waals surface area (Å²) in [5, 5.41) is 15.5. The average molecular weight is 287 g/mol. The first-order valence-corrected chi connectivity index (χ1v) is 6.67. The van der Waals surface area contributed by atoms with E-state index in [-0.39, 0.29) is 12.3 Å². The number of aromatic nitrogens is 2. The van der Waals surface area contributed by atoms with Crippen LogP contribution in [0.15, 0.2) is 42.7 Å². The molecule has 2 aromatic rings. The molecule has 0 aliphatic heterocycles. The zero-order valence-electron chi connectivity index (χ0n) is 11.7. The van der Waals surface area contributed by atoms with Gasteiger partial charge in [-0.3, -0.25) is 14.3 Å². The summed E-state index contributed by atoms with van der Waals surface area (Å²) < 4.78 is 1.57. The quantitative estimate of drug-likeness (QED) is 0.852. The third-order valence-corrected chi connectivity index (χ3v) is 3.12. The molecule has 0 saturated heterocycles. The lowest BCUT2D eigenvalue weighted by Gasteiger charge is -2.13. The molecule has 1 aromatic heterocycles. The number of nitrogens with zero attached hydrogens (tertiary/aromatic N) is 2. The Morgan fingerprint density at radius 3 is 2.86 bits per heavy atom. The molecular weight excluding hydrogens is 270 g/mol. The molecule has 0 aliphatic rings. The van der Waals surface area contributed by atoms with Gasteiger partial charge in [-0.05, 0) is 37.1 Å². The molecule has 0 radical (unpaired) electrons. The lowest BCUT2D eigenvalue weighted by molar-refractivity contribution is -0.137. The van der Waals surface area contributed by atoms with Crippen molar-refractivity contribution in [2.24, 2.45) is 0 Å². The normalized spacial score (nSPS) is 11.9. The summed E-state index contributed by atoms with van der Waals surface area (Å²) in [6.45, 7) is 1.76. The van der Waals surface area contributed by atoms with E-state index in [1.54, 1.807) is 48.3 Å². The van der Waals surface area contributed by atoms with E-state index >= 15 is 0 Å². The molecule has 1 atom stereocenters. The minimum atomic E-state index is -0.836. The Morgan fingerprint density at radius 1 is 1.38 bits per heavy atom. The van der Waals surface area contributed by atoms with Gasteiger partial charge in [0.2, 0.25) is 5.91 Å². The fraction of sp³-hybridized carbons (Fsp3) is 0.267. The Kier molecular flexibility index (Phi) is 4.71. The summed E-state index contributed by atoms with van der Waals surface area (Å²) in [6.07, 6.45) is 3.86. The van der Waals surface area contributed by atoms with Gasteiger partial charge in [0.15, 0.2) is 0 Å². The number of carbonyl (C=O) groups is 2. The Bertz CT molecular complexity index is 623. The van der Waals surface area contributed by atoms with Crippen molar-refractivity contribution in [3.63, 3.8) is 0 Å². The smallest absolute Gasteiger partial charge is 0.303 e. The van der Waals surface area contributed by atoms with Crippen LogP contribution in [0, 0.1) is 0 Å². The van der Waals surface area contributed by atoms with Gasteiger partial charge in [-0.25, -0.2) is 0 Å². The molecule has 2 rings (SSSR count). The van der Waals surface area contributed by atoms with Gasteiger partial charge in [-0.1, -0.05) is 12.1 Å². The van der Waals surface area contributed by atoms with Gasteiger partial charge in [0.1, 0.15) is 6.04 Å². The molecule has 0 aliphatic carbocycles. The number of amides is 1. The highest BCUT2D eigenvalue weighted by molar-refractivity contribution is 5.93. The molecule has 1 aromatic carbocycles. The topological polar surface area (TPSA) is 84.2 Å². The molecular formula is C15H17N3O3. The predicted molar refractivity (Wildman–Crippen MR) is 78.0 cm³/mol. The maximum atomic E-state index is 12.1. The largest absolute Gasteiger partial charge is 0.481 e. The number of carboxylic acid groups (broad SMARTS) is 1. The molecule has 6 heteroatoms. The number of hydrogen-bond donors (Lipinski definition) is 2. The fourth-order valence-electron chi connectivity index (χ4n) is 1.93. The summed E-state index contributed by atoms with van der Waals surface area (Å²) in [5.74, 6) is -1.01. The van der Waals surface area contributed by atoms with Crippen LogP contribution in [0.25, 0.3) is 0 Å². The zero-order chi connectivity index (χ0) is 15.2. The molecule has 1 heterocycles. The SMILES string of the molecule is CC(C(=O)Nc1cccc(CCC(=O)O)c1)n1cccn1. The summed E-state index contributed by atoms with van der Waals surface area (Å²) in [6, 6.07) is 8.55. The monoisotopic (exact) mass is 287 g/mol. The van der Waals surface area contributed by atoms with E-state index in [9.17, 15) is 9.59 Å². The lowest BCUT2D eigenvalue weighted by Crippen LogP contribution is -2.24. The minimum absolute atomic E-state index is 0.0705. The molecule has 0 fully saturated rings. The van der Waals surface area contributed by atoms with Gasteiger partial charge in [0.05, 0.1) is 0 Å². The van der Waals surface area contributed by atoms with Crippen molar-refractivity contribution in [1.82, 2.24) is 9.78 Å². The van der Waals surface area contributed by atoms with Crippen LogP contribution in [0.5, 0.6) is 0 Å². The highest BCUT2D eigenvalue weighted by atomic mass is 16.4. The molecule has 110 valence electrons. The predicted octanol–water partition coefficient (Wildman–Crippen LogP) is 2.10. The summed E-state index contributed by atoms with van der Waals surface area (Å²) in [4.78, 5) is 22.7. The van der Waals surface area contributed by atoms with Crippen LogP contribution >= 0.6 is 0 Å². The number of aryl methyl sites for hydroxylation is 1. The third kappa shape index (κ3) is 4.17. The van der Waals surface area contributed by atoms with Gasteiger partial charge in [-0.2, -0.15) is 5.10 Å². The highest BCUT2D eigenvalue weighted by Crippen LogP contribution is 2.14. The van der Waals surface area contributed by atoms with Crippen molar-refractivity contribution in [3.8, 4) is 0 Å². The Morgan fingerprint density at radius 2 is 2.19 bits per heavy atom. The van der Waals surface area contributed by atoms with E-state index in [2.05, 4.69) is 10.4 Å². The third-order valence-electron chi connectivity index (χ3n) is 3.12. The Hall–Kier alpha value is -2.63. The van der Waals surface area contributed by atoms with Crippen molar-refractivity contribution in [2.75, 3.05) is 5.32 Å². The number of carbonyl (C=O) groups excluding carboxylic acids is 1. The standard InChI is InChI=1S/C15H17N3O3/c1-11(18-9-3-8-16-18)15(21)17-13-5-2-4-12(10-13)6-7-14(19)20/h2-5,8-11H,6-7H2,1H3,(H,17,21)(H,19,20). The second kappa shape index (κ2) is 6.69. The van der Waals surface area contributed by atoms with E-state index in [4.69, 9.17) is 5.11 Å². The highest BCUT2D eigenvalue weighted by Gasteiger charge is 2.15. The second-order valence-electron chi connectivity index (χ2n) is 4.75. The van der Waals surface area contributed by atoms with Crippen LogP contribution in [0.3, 0.4) is 0 Å². The minimum Gasteiger partial charge on any atom is -0.481 e. The van der Waals surface area contributed by atoms with Crippen molar-refractivity contribution < 1.29 is 14.7 Å². The van der Waals surface area contributed by atoms with Crippen molar-refractivity contribution in [1.29, 1.82) is 0 Å². The first-order chi connectivity index (χ1) is 10.1. The van der Waals surface area contributed by atoms with Crippen LogP contribution in [-0.2, 0) is 16.0 Å². The Labute approximate surface area is 122 Å². The second-order valence-corrected chi connectivity index (χ2v) is 4.75. The first-order valence-electron chi connectivity index (χ1n) is 6.67. The van der Waals surface area contributed by atoms with Gasteiger partial charge >= 0.3 is 5.97 Å². The molecule has 0 spiro atoms. The number of hydrogen-bond acceptors (Lipinski definition) is 3. The van der Waals surface area contributed by atoms with Crippen LogP contribution in [0.1, 0.15) is 24.9 Å². The van der Waals surface area contributed by atoms with Gasteiger partial charge in [0, 0.05) is 24.5 Å². The van der Waals surface area contributed by atoms with Crippen LogP contribution in [0.4, 0.5) is 5.69 Å². The fourth-order valence-corrected chi connectivity index (χ4v) is 1.93. The first kappa shape index (κ1) is 14.8. The van der Waals surface area contributed by atoms with Gasteiger partial charge in [-0.15, -0.1) is 0 Å². The van der Waals surface area contributed by atoms with Gasteiger partial charge < -0.3 is 10.4 Å². The van der Waals surface area contributed by atoms with Crippen LogP contribution in [0.2, 0.25) is 0 Å². The molecule has 1 unspecified atom stereocenters. The zero-order valence-corrected chi connectivity index (χ0v) is 11.7. The van der Waals surface area contributed by atoms with E-state index in [0.29, 0.717) is 12.1 Å². The molecule has 21 heavy (non-hydrogen) atoms. The maximum absolute atomic E-state index is 12.1. The molecule has 0 bridgehead atoms. The summed E-state index contributed by atoms with van der Waals surface area (Å²) >= 11 is 0. The van der Waals surface area contributed by atoms with E-state index in [1.165, 1.54) is 0 Å². The van der Waals surface area contributed by atoms with E-state index in [0.717, 1.165) is 5.56 Å². The van der Waals surface area contributed by atoms with Crippen molar-refractivity contribution in [2.45, 2.75) is 25.8 Å². The van der Waals surface area contributed by atoms with Crippen molar-refractivity contribution >= 4 is 17.6 Å². The number of benzene rings is 1. The number of nitrogens with one attached hydrogen (secondary N) is 1. The van der Waals surface area contributed by atoms with Crippen LogP contribution in [-0.4, -0.2) is 26.8 Å². The molecule has 6 nitrogen and oxygen atoms in total. The number of rotatable bonds is 6. The van der Waals surface area contributed by atoms with Crippen molar-refractivity contribution in [3.05, 3.63) is 48.3 Å². The maximum Gasteiger partial charge on any atom is 0.303 e.